The second kappa shape index (κ2) is 21.0. The molecule has 1 amide bonds. The van der Waals surface area contributed by atoms with Gasteiger partial charge in [-0.1, -0.05) is 101 Å². The topological polar surface area (TPSA) is 228 Å². The number of aromatic amines is 1. The average Bonchev–Trinajstić information content (AvgIpc) is 3.45. The highest BCUT2D eigenvalue weighted by molar-refractivity contribution is 6.09. The first-order chi connectivity index (χ1) is 26.9. The van der Waals surface area contributed by atoms with Crippen molar-refractivity contribution < 1.29 is 54.4 Å². The third kappa shape index (κ3) is 11.0. The van der Waals surface area contributed by atoms with E-state index in [1.807, 2.05) is 26.8 Å². The standard InChI is InChI=1S/C43H60N2O12/c1-9-11-13-21-31-42(6,7)38(50)39(51)43(54,57-31)28(10-2)40(52)44-23-17-16-19-26(4)36(55-8)27(5)37-35(49)34(48)30(56-37)20-15-12-14-18-25(3)33(47)32-29(46)22-24-45-41(32)53/h9,11-22,24,27-28,30-31,34-39,48-51,54H,10,23H2,1-8H3,(H,44,52)(H2,45,46,53)/b11-9+,14-12+,17-16+,20-15+,21-13+,25-18+,26-19+/t27-,28-,30-,31+,34+,35+,36-,37?,38+,39-,43-/m1/s1. The predicted octanol–water partition coefficient (Wildman–Crippen LogP) is 3.07. The van der Waals surface area contributed by atoms with E-state index in [0.717, 1.165) is 5.57 Å². The minimum atomic E-state index is -2.34. The monoisotopic (exact) mass is 796 g/mol. The molecule has 8 N–H and O–H groups in total. The van der Waals surface area contributed by atoms with Crippen molar-refractivity contribution in [3.05, 3.63) is 112 Å². The van der Waals surface area contributed by atoms with Crippen LogP contribution in [-0.4, -0.2) is 116 Å². The number of aliphatic hydroxyl groups is 5. The Labute approximate surface area is 334 Å². The Hall–Kier alpha value is -4.25. The second-order valence-electron chi connectivity index (χ2n) is 15.0. The number of H-pyrrole nitrogens is 1. The van der Waals surface area contributed by atoms with Crippen molar-refractivity contribution in [3.63, 3.8) is 0 Å². The van der Waals surface area contributed by atoms with Crippen LogP contribution >= 0.6 is 0 Å². The van der Waals surface area contributed by atoms with Crippen molar-refractivity contribution in [2.24, 2.45) is 17.3 Å². The summed E-state index contributed by atoms with van der Waals surface area (Å²) in [6.07, 6.45) is 12.8. The van der Waals surface area contributed by atoms with Crippen molar-refractivity contribution in [1.82, 2.24) is 10.3 Å². The zero-order valence-electron chi connectivity index (χ0n) is 33.9. The van der Waals surface area contributed by atoms with Crippen LogP contribution in [-0.2, 0) is 19.0 Å². The molecular weight excluding hydrogens is 736 g/mol. The number of pyridine rings is 1. The molecule has 11 atom stereocenters. The number of methoxy groups -OCH3 is 1. The van der Waals surface area contributed by atoms with Crippen LogP contribution in [0.3, 0.4) is 0 Å². The molecule has 57 heavy (non-hydrogen) atoms. The molecule has 2 aliphatic heterocycles. The van der Waals surface area contributed by atoms with Crippen molar-refractivity contribution in [2.75, 3.05) is 13.7 Å². The van der Waals surface area contributed by atoms with Crippen LogP contribution in [0.15, 0.2) is 101 Å². The number of carbonyl (C=O) groups is 2. The van der Waals surface area contributed by atoms with E-state index in [0.29, 0.717) is 0 Å². The van der Waals surface area contributed by atoms with Crippen molar-refractivity contribution in [1.29, 1.82) is 0 Å². The SMILES string of the molecule is C/C=C/C=C/[C@@H]1O[C@](O)([C@H](CC)C(=O)NC/C=C/C=C(\C)[C@@H](OC)[C@@H](C)C2O[C@H](/C=C/C=C/C=C(\C)C(=O)c3c(O)cc[nH]c3=O)[C@H](O)[C@@H]2O)[C@H](O)[C@H](O)C1(C)C. The van der Waals surface area contributed by atoms with Crippen molar-refractivity contribution >= 4 is 11.7 Å². The van der Waals surface area contributed by atoms with Gasteiger partial charge in [-0.25, -0.2) is 0 Å². The number of aromatic hydroxyl groups is 1. The molecule has 2 fully saturated rings. The molecule has 1 aromatic rings. The first kappa shape index (κ1) is 47.1. The largest absolute Gasteiger partial charge is 0.507 e. The predicted molar refractivity (Wildman–Crippen MR) is 215 cm³/mol. The zero-order chi connectivity index (χ0) is 42.7. The van der Waals surface area contributed by atoms with Gasteiger partial charge in [0.05, 0.1) is 30.3 Å². The van der Waals surface area contributed by atoms with Gasteiger partial charge in [0.15, 0.2) is 5.78 Å². The molecule has 0 saturated carbocycles. The summed E-state index contributed by atoms with van der Waals surface area (Å²) in [5, 5.41) is 67.8. The van der Waals surface area contributed by atoms with Crippen LogP contribution < -0.4 is 10.9 Å². The number of amides is 1. The van der Waals surface area contributed by atoms with Crippen LogP contribution in [0.25, 0.3) is 0 Å². The number of ether oxygens (including phenoxy) is 3. The molecule has 3 heterocycles. The van der Waals surface area contributed by atoms with Crippen molar-refractivity contribution in [3.8, 4) is 5.75 Å². The summed E-state index contributed by atoms with van der Waals surface area (Å²) in [5.41, 5.74) is -1.02. The van der Waals surface area contributed by atoms with E-state index in [1.54, 1.807) is 81.5 Å². The Balaban J connectivity index is 1.60. The van der Waals surface area contributed by atoms with Gasteiger partial charge in [0.2, 0.25) is 11.7 Å². The average molecular weight is 797 g/mol. The Morgan fingerprint density at radius 3 is 2.32 bits per heavy atom. The first-order valence-corrected chi connectivity index (χ1v) is 19.1. The normalized spacial score (nSPS) is 30.2. The van der Waals surface area contributed by atoms with Crippen LogP contribution in [0, 0.1) is 17.3 Å². The minimum absolute atomic E-state index is 0.0817. The Bertz CT molecular complexity index is 1810. The lowest BCUT2D eigenvalue weighted by Gasteiger charge is -2.53. The maximum Gasteiger partial charge on any atom is 0.262 e. The highest BCUT2D eigenvalue weighted by atomic mass is 16.7. The fourth-order valence-corrected chi connectivity index (χ4v) is 7.12. The number of Topliss-reactive ketones (excluding diaryl/α,β-unsaturated/α-hetero) is 1. The summed E-state index contributed by atoms with van der Waals surface area (Å²) in [4.78, 5) is 40.2. The van der Waals surface area contributed by atoms with Gasteiger partial charge in [-0.3, -0.25) is 14.4 Å². The first-order valence-electron chi connectivity index (χ1n) is 19.1. The number of aliphatic hydroxyl groups excluding tert-OH is 4. The molecule has 0 aliphatic carbocycles. The molecule has 314 valence electrons. The molecule has 0 bridgehead atoms. The fourth-order valence-electron chi connectivity index (χ4n) is 7.12. The summed E-state index contributed by atoms with van der Waals surface area (Å²) in [6, 6.07) is 1.22. The molecule has 0 aromatic carbocycles. The zero-order valence-corrected chi connectivity index (χ0v) is 33.9. The lowest BCUT2D eigenvalue weighted by molar-refractivity contribution is -0.359. The summed E-state index contributed by atoms with van der Waals surface area (Å²) in [7, 11) is 1.52. The van der Waals surface area contributed by atoms with E-state index in [-0.39, 0.29) is 24.1 Å². The maximum absolute atomic E-state index is 13.3. The number of hydrogen-bond acceptors (Lipinski definition) is 12. The van der Waals surface area contributed by atoms with E-state index >= 15 is 0 Å². The third-order valence-corrected chi connectivity index (χ3v) is 10.7. The number of aromatic nitrogens is 1. The lowest BCUT2D eigenvalue weighted by atomic mass is 9.71. The van der Waals surface area contributed by atoms with E-state index in [4.69, 9.17) is 14.2 Å². The Morgan fingerprint density at radius 1 is 1.00 bits per heavy atom. The van der Waals surface area contributed by atoms with Gasteiger partial charge >= 0.3 is 0 Å². The summed E-state index contributed by atoms with van der Waals surface area (Å²) >= 11 is 0. The van der Waals surface area contributed by atoms with E-state index in [9.17, 15) is 45.0 Å². The smallest absolute Gasteiger partial charge is 0.262 e. The van der Waals surface area contributed by atoms with Gasteiger partial charge in [-0.15, -0.1) is 0 Å². The molecule has 1 unspecified atom stereocenters. The van der Waals surface area contributed by atoms with Gasteiger partial charge in [0.25, 0.3) is 5.56 Å². The Morgan fingerprint density at radius 2 is 1.68 bits per heavy atom. The molecule has 2 aliphatic rings. The highest BCUT2D eigenvalue weighted by Gasteiger charge is 2.60. The van der Waals surface area contributed by atoms with Gasteiger partial charge < -0.3 is 55.2 Å². The lowest BCUT2D eigenvalue weighted by Crippen LogP contribution is -2.69. The van der Waals surface area contributed by atoms with Crippen LogP contribution in [0.4, 0.5) is 0 Å². The quantitative estimate of drug-likeness (QED) is 0.0647. The second-order valence-corrected chi connectivity index (χ2v) is 15.0. The molecule has 3 rings (SSSR count). The van der Waals surface area contributed by atoms with Crippen molar-refractivity contribution in [2.45, 2.75) is 110 Å². The highest BCUT2D eigenvalue weighted by Crippen LogP contribution is 2.44. The van der Waals surface area contributed by atoms with Crippen LogP contribution in [0.1, 0.15) is 65.2 Å². The molecule has 14 nitrogen and oxygen atoms in total. The van der Waals surface area contributed by atoms with E-state index in [1.165, 1.54) is 32.4 Å². The van der Waals surface area contributed by atoms with Gasteiger partial charge in [-0.05, 0) is 44.4 Å². The van der Waals surface area contributed by atoms with Crippen LogP contribution in [0.5, 0.6) is 5.75 Å². The number of hydrogen-bond donors (Lipinski definition) is 8. The van der Waals surface area contributed by atoms with Crippen LogP contribution in [0.2, 0.25) is 0 Å². The molecule has 2 saturated heterocycles. The summed E-state index contributed by atoms with van der Waals surface area (Å²) in [5.74, 6) is -5.55. The number of rotatable bonds is 17. The molecule has 1 aromatic heterocycles. The fraction of sp³-hybridized carbons (Fsp3) is 0.512. The summed E-state index contributed by atoms with van der Waals surface area (Å²) in [6.45, 7) is 12.2. The third-order valence-electron chi connectivity index (χ3n) is 10.7. The molecule has 0 radical (unpaired) electrons. The van der Waals surface area contributed by atoms with Gasteiger partial charge in [0, 0.05) is 31.2 Å². The maximum atomic E-state index is 13.3. The molecular formula is C43H60N2O12. The number of ketones is 1. The minimum Gasteiger partial charge on any atom is -0.507 e. The van der Waals surface area contributed by atoms with Gasteiger partial charge in [0.1, 0.15) is 35.7 Å². The van der Waals surface area contributed by atoms with E-state index < -0.39 is 94.9 Å². The molecule has 14 heteroatoms. The Kier molecular flexibility index (Phi) is 17.3. The summed E-state index contributed by atoms with van der Waals surface area (Å²) < 4.78 is 17.8. The number of carbonyl (C=O) groups excluding carboxylic acids is 2. The number of allylic oxidation sites excluding steroid dienone is 10. The van der Waals surface area contributed by atoms with E-state index in [2.05, 4.69) is 10.3 Å². The molecule has 0 spiro atoms. The van der Waals surface area contributed by atoms with Gasteiger partial charge in [-0.2, -0.15) is 0 Å². The number of nitrogens with one attached hydrogen (secondary N) is 2.